The molecule has 0 aromatic carbocycles. The highest BCUT2D eigenvalue weighted by molar-refractivity contribution is 5.86. The van der Waals surface area contributed by atoms with Crippen LogP contribution in [0.2, 0.25) is 0 Å². The molecule has 29 heavy (non-hydrogen) atoms. The average molecular weight is 477 g/mol. The quantitative estimate of drug-likeness (QED) is 0.571. The molecule has 0 aromatic rings. The summed E-state index contributed by atoms with van der Waals surface area (Å²) in [5.74, 6) is 0.246. The highest BCUT2D eigenvalue weighted by atomic mass is 35.5. The number of hydrogen-bond acceptors (Lipinski definition) is 5. The Balaban J connectivity index is 0.00000261. The first-order valence-electron chi connectivity index (χ1n) is 10.2. The molecule has 3 aliphatic rings. The van der Waals surface area contributed by atoms with E-state index in [0.717, 1.165) is 84.7 Å². The summed E-state index contributed by atoms with van der Waals surface area (Å²) >= 11 is 0. The summed E-state index contributed by atoms with van der Waals surface area (Å²) in [5, 5.41) is 0. The van der Waals surface area contributed by atoms with Crippen molar-refractivity contribution in [2.45, 2.75) is 38.5 Å². The third-order valence-corrected chi connectivity index (χ3v) is 5.74. The first-order chi connectivity index (χ1) is 12.7. The molecule has 0 atom stereocenters. The van der Waals surface area contributed by atoms with Gasteiger partial charge < -0.3 is 19.3 Å². The number of rotatable bonds is 5. The number of esters is 1. The number of halogens is 3. The first-order valence-corrected chi connectivity index (χ1v) is 10.2. The Morgan fingerprint density at radius 2 is 1.41 bits per heavy atom. The standard InChI is InChI=1S/C19H33N3O4.3ClH/c23-18(26-15-12-20-10-13-25-14-11-20)16-17-4-8-22(9-5-17)19(24)21-6-2-1-3-7-21;;;/h17H,1-16H2;3*1H. The maximum Gasteiger partial charge on any atom is 0.319 e. The predicted molar refractivity (Wildman–Crippen MR) is 120 cm³/mol. The Bertz CT molecular complexity index is 468. The fourth-order valence-corrected chi connectivity index (χ4v) is 4.02. The lowest BCUT2D eigenvalue weighted by Gasteiger charge is -2.37. The molecule has 2 amide bonds. The second-order valence-electron chi connectivity index (χ2n) is 7.64. The topological polar surface area (TPSA) is 62.3 Å². The number of ether oxygens (including phenoxy) is 2. The van der Waals surface area contributed by atoms with Crippen molar-refractivity contribution in [2.24, 2.45) is 5.92 Å². The molecule has 0 spiro atoms. The second kappa shape index (κ2) is 15.3. The van der Waals surface area contributed by atoms with Crippen molar-refractivity contribution in [1.82, 2.24) is 14.7 Å². The molecular formula is C19H36Cl3N3O4. The minimum absolute atomic E-state index is 0. The monoisotopic (exact) mass is 475 g/mol. The molecule has 0 bridgehead atoms. The number of carbonyl (C=O) groups excluding carboxylic acids is 2. The van der Waals surface area contributed by atoms with E-state index in [1.807, 2.05) is 9.80 Å². The van der Waals surface area contributed by atoms with Crippen molar-refractivity contribution in [3.63, 3.8) is 0 Å². The Morgan fingerprint density at radius 3 is 2.03 bits per heavy atom. The Hall–Kier alpha value is -0.470. The molecule has 3 heterocycles. The van der Waals surface area contributed by atoms with Crippen LogP contribution in [0.1, 0.15) is 38.5 Å². The van der Waals surface area contributed by atoms with Gasteiger partial charge >= 0.3 is 12.0 Å². The van der Waals surface area contributed by atoms with Gasteiger partial charge in [0.2, 0.25) is 0 Å². The summed E-state index contributed by atoms with van der Waals surface area (Å²) in [6.45, 7) is 7.95. The van der Waals surface area contributed by atoms with Crippen molar-refractivity contribution < 1.29 is 19.1 Å². The van der Waals surface area contributed by atoms with Crippen LogP contribution in [0.15, 0.2) is 0 Å². The van der Waals surface area contributed by atoms with Crippen LogP contribution in [-0.2, 0) is 14.3 Å². The minimum Gasteiger partial charge on any atom is -0.464 e. The van der Waals surface area contributed by atoms with Gasteiger partial charge in [0.05, 0.1) is 13.2 Å². The van der Waals surface area contributed by atoms with Crippen LogP contribution >= 0.6 is 37.2 Å². The maximum absolute atomic E-state index is 12.5. The lowest BCUT2D eigenvalue weighted by Crippen LogP contribution is -2.48. The molecular weight excluding hydrogens is 441 g/mol. The molecule has 0 unspecified atom stereocenters. The number of piperidine rings is 2. The molecule has 0 aromatic heterocycles. The lowest BCUT2D eigenvalue weighted by atomic mass is 9.94. The smallest absolute Gasteiger partial charge is 0.319 e. The normalized spacial score (nSPS) is 20.7. The van der Waals surface area contributed by atoms with Gasteiger partial charge in [-0.1, -0.05) is 0 Å². The number of carbonyl (C=O) groups is 2. The molecule has 0 N–H and O–H groups in total. The fourth-order valence-electron chi connectivity index (χ4n) is 4.02. The van der Waals surface area contributed by atoms with Gasteiger partial charge in [0.15, 0.2) is 0 Å². The minimum atomic E-state index is -0.0981. The highest BCUT2D eigenvalue weighted by Crippen LogP contribution is 2.22. The van der Waals surface area contributed by atoms with Crippen molar-refractivity contribution in [3.8, 4) is 0 Å². The number of urea groups is 1. The maximum atomic E-state index is 12.5. The highest BCUT2D eigenvalue weighted by Gasteiger charge is 2.28. The van der Waals surface area contributed by atoms with Gasteiger partial charge in [0.1, 0.15) is 6.61 Å². The summed E-state index contributed by atoms with van der Waals surface area (Å²) < 4.78 is 10.7. The number of likely N-dealkylation sites (tertiary alicyclic amines) is 2. The molecule has 172 valence electrons. The molecule has 0 saturated carbocycles. The van der Waals surface area contributed by atoms with E-state index in [4.69, 9.17) is 9.47 Å². The van der Waals surface area contributed by atoms with E-state index in [2.05, 4.69) is 4.90 Å². The van der Waals surface area contributed by atoms with Crippen LogP contribution in [0, 0.1) is 5.92 Å². The lowest BCUT2D eigenvalue weighted by molar-refractivity contribution is -0.145. The number of hydrogen-bond donors (Lipinski definition) is 0. The van der Waals surface area contributed by atoms with E-state index in [-0.39, 0.29) is 49.2 Å². The first kappa shape index (κ1) is 28.5. The zero-order valence-electron chi connectivity index (χ0n) is 17.1. The molecule has 3 fully saturated rings. The van der Waals surface area contributed by atoms with E-state index in [0.29, 0.717) is 18.9 Å². The van der Waals surface area contributed by atoms with Crippen molar-refractivity contribution in [1.29, 1.82) is 0 Å². The Kier molecular flexibility index (Phi) is 15.1. The van der Waals surface area contributed by atoms with Crippen molar-refractivity contribution in [2.75, 3.05) is 65.6 Å². The summed E-state index contributed by atoms with van der Waals surface area (Å²) in [7, 11) is 0. The second-order valence-corrected chi connectivity index (χ2v) is 7.64. The van der Waals surface area contributed by atoms with Crippen molar-refractivity contribution >= 4 is 49.2 Å². The van der Waals surface area contributed by atoms with Gasteiger partial charge in [-0.25, -0.2) is 4.79 Å². The van der Waals surface area contributed by atoms with Gasteiger partial charge in [0.25, 0.3) is 0 Å². The van der Waals surface area contributed by atoms with Crippen LogP contribution in [0.4, 0.5) is 4.79 Å². The van der Waals surface area contributed by atoms with E-state index in [9.17, 15) is 9.59 Å². The molecule has 10 heteroatoms. The predicted octanol–water partition coefficient (Wildman–Crippen LogP) is 2.84. The third kappa shape index (κ3) is 9.47. The molecule has 7 nitrogen and oxygen atoms in total. The molecule has 0 radical (unpaired) electrons. The van der Waals surface area contributed by atoms with Crippen molar-refractivity contribution in [3.05, 3.63) is 0 Å². The van der Waals surface area contributed by atoms with E-state index < -0.39 is 0 Å². The average Bonchev–Trinajstić information content (AvgIpc) is 2.69. The van der Waals surface area contributed by atoms with Gasteiger partial charge in [-0.15, -0.1) is 37.2 Å². The molecule has 3 aliphatic heterocycles. The van der Waals surface area contributed by atoms with Crippen LogP contribution in [0.5, 0.6) is 0 Å². The Morgan fingerprint density at radius 1 is 0.828 bits per heavy atom. The van der Waals surface area contributed by atoms with Crippen LogP contribution in [0.25, 0.3) is 0 Å². The Labute approximate surface area is 193 Å². The summed E-state index contributed by atoms with van der Waals surface area (Å²) in [6.07, 6.45) is 5.77. The van der Waals surface area contributed by atoms with Crippen LogP contribution in [-0.4, -0.2) is 92.3 Å². The number of amides is 2. The fraction of sp³-hybridized carbons (Fsp3) is 0.895. The van der Waals surface area contributed by atoms with E-state index in [1.54, 1.807) is 0 Å². The zero-order valence-corrected chi connectivity index (χ0v) is 19.5. The molecule has 3 saturated heterocycles. The summed E-state index contributed by atoms with van der Waals surface area (Å²) in [6, 6.07) is 0.191. The van der Waals surface area contributed by atoms with Crippen LogP contribution < -0.4 is 0 Å². The van der Waals surface area contributed by atoms with Gasteiger partial charge in [-0.3, -0.25) is 9.69 Å². The van der Waals surface area contributed by atoms with Gasteiger partial charge in [-0.05, 0) is 38.0 Å². The van der Waals surface area contributed by atoms with Crippen LogP contribution in [0.3, 0.4) is 0 Å². The number of morpholine rings is 1. The largest absolute Gasteiger partial charge is 0.464 e. The summed E-state index contributed by atoms with van der Waals surface area (Å²) in [4.78, 5) is 30.8. The van der Waals surface area contributed by atoms with E-state index >= 15 is 0 Å². The van der Waals surface area contributed by atoms with Gasteiger partial charge in [0, 0.05) is 52.2 Å². The zero-order chi connectivity index (χ0) is 18.2. The van der Waals surface area contributed by atoms with Gasteiger partial charge in [-0.2, -0.15) is 0 Å². The SMILES string of the molecule is Cl.Cl.Cl.O=C(CC1CCN(C(=O)N2CCCCC2)CC1)OCCN1CCOCC1. The third-order valence-electron chi connectivity index (χ3n) is 5.74. The molecule has 3 rings (SSSR count). The molecule has 0 aliphatic carbocycles. The van der Waals surface area contributed by atoms with E-state index in [1.165, 1.54) is 6.42 Å². The number of nitrogens with zero attached hydrogens (tertiary/aromatic N) is 3. The summed E-state index contributed by atoms with van der Waals surface area (Å²) in [5.41, 5.74) is 0.